The van der Waals surface area contributed by atoms with Crippen molar-refractivity contribution in [3.8, 4) is 0 Å². The van der Waals surface area contributed by atoms with E-state index >= 15 is 0 Å². The molecule has 0 aromatic heterocycles. The second-order valence-electron chi connectivity index (χ2n) is 14.5. The Morgan fingerprint density at radius 1 is 0.605 bits per heavy atom. The predicted molar refractivity (Wildman–Crippen MR) is 172 cm³/mol. The van der Waals surface area contributed by atoms with Crippen molar-refractivity contribution in [1.29, 1.82) is 0 Å². The zero-order valence-electron chi connectivity index (χ0n) is 26.7. The normalized spacial score (nSPS) is 15.4. The number of rotatable bonds is 18. The summed E-state index contributed by atoms with van der Waals surface area (Å²) in [4.78, 5) is 24.6. The third kappa shape index (κ3) is 15.6. The van der Waals surface area contributed by atoms with Crippen LogP contribution in [0.15, 0.2) is 12.2 Å². The van der Waals surface area contributed by atoms with E-state index in [1.165, 1.54) is 0 Å². The van der Waals surface area contributed by atoms with E-state index in [1.807, 2.05) is 0 Å². The van der Waals surface area contributed by atoms with Crippen molar-refractivity contribution in [3.05, 3.63) is 12.2 Å². The first-order valence-corrected chi connectivity index (χ1v) is 25.1. The summed E-state index contributed by atoms with van der Waals surface area (Å²) in [6.07, 6.45) is 2.28. The van der Waals surface area contributed by atoms with E-state index in [9.17, 15) is 9.59 Å². The van der Waals surface area contributed by atoms with Gasteiger partial charge in [0.25, 0.3) is 20.0 Å². The molecule has 224 valence electrons. The molecule has 0 aromatic rings. The summed E-state index contributed by atoms with van der Waals surface area (Å²) in [7, 11) is -6.80. The maximum atomic E-state index is 12.3. The lowest BCUT2D eigenvalue weighted by atomic mass is 9.81. The SMILES string of the molecule is CC(C)(COC(=O)C=CC(=O)OCC(C)(C)C(C)(C)[SiH2]O[SiH2]O[Si](C)(C)C)C(C)(C)[SiH2]O[SiH2]O[Si](C)(C)C. The molecule has 0 spiro atoms. The fraction of sp³-hybridized carbons (Fsp3) is 0.833. The first kappa shape index (κ1) is 37.8. The summed E-state index contributed by atoms with van der Waals surface area (Å²) in [6.45, 7) is 30.4. The largest absolute Gasteiger partial charge is 0.462 e. The molecule has 0 atom stereocenters. The smallest absolute Gasteiger partial charge is 0.331 e. The summed E-state index contributed by atoms with van der Waals surface area (Å²) in [5.41, 5.74) is -0.553. The van der Waals surface area contributed by atoms with Gasteiger partial charge in [-0.25, -0.2) is 9.59 Å². The van der Waals surface area contributed by atoms with Crippen LogP contribution in [-0.4, -0.2) is 81.3 Å². The molecule has 0 saturated carbocycles. The van der Waals surface area contributed by atoms with Crippen molar-refractivity contribution in [1.82, 2.24) is 0 Å². The van der Waals surface area contributed by atoms with Gasteiger partial charge in [-0.1, -0.05) is 55.4 Å². The van der Waals surface area contributed by atoms with Gasteiger partial charge in [0, 0.05) is 23.0 Å². The maximum Gasteiger partial charge on any atom is 0.331 e. The fourth-order valence-corrected chi connectivity index (χ4v) is 13.3. The minimum absolute atomic E-state index is 0.0968. The zero-order chi connectivity index (χ0) is 30.1. The molecule has 0 aliphatic heterocycles. The molecular weight excluding hydrogens is 585 g/mol. The molecule has 0 amide bonds. The lowest BCUT2D eigenvalue weighted by molar-refractivity contribution is -0.144. The third-order valence-corrected chi connectivity index (χ3v) is 21.4. The van der Waals surface area contributed by atoms with Crippen molar-refractivity contribution in [3.63, 3.8) is 0 Å². The number of esters is 2. The first-order valence-electron chi connectivity index (χ1n) is 13.4. The van der Waals surface area contributed by atoms with Crippen LogP contribution >= 0.6 is 0 Å². The highest BCUT2D eigenvalue weighted by Crippen LogP contribution is 2.45. The van der Waals surface area contributed by atoms with Gasteiger partial charge in [-0.2, -0.15) is 0 Å². The highest BCUT2D eigenvalue weighted by molar-refractivity contribution is 6.74. The maximum absolute atomic E-state index is 12.3. The summed E-state index contributed by atoms with van der Waals surface area (Å²) < 4.78 is 34.9. The molecular formula is C24H56O8Si6. The zero-order valence-corrected chi connectivity index (χ0v) is 34.3. The number of carbonyl (C=O) groups excluding carboxylic acids is 2. The van der Waals surface area contributed by atoms with E-state index < -0.39 is 68.1 Å². The molecule has 0 N–H and O–H groups in total. The summed E-state index contributed by atoms with van der Waals surface area (Å²) in [5, 5.41) is -0.194. The molecule has 0 aliphatic rings. The molecule has 0 bridgehead atoms. The Morgan fingerprint density at radius 2 is 0.895 bits per heavy atom. The summed E-state index contributed by atoms with van der Waals surface area (Å²) in [5.74, 6) is -1.12. The Morgan fingerprint density at radius 3 is 1.16 bits per heavy atom. The molecule has 8 nitrogen and oxygen atoms in total. The van der Waals surface area contributed by atoms with Crippen LogP contribution in [0.5, 0.6) is 0 Å². The lowest BCUT2D eigenvalue weighted by Gasteiger charge is -2.40. The minimum Gasteiger partial charge on any atom is -0.462 e. The van der Waals surface area contributed by atoms with Crippen molar-refractivity contribution in [2.75, 3.05) is 13.2 Å². The Bertz CT molecular complexity index is 722. The van der Waals surface area contributed by atoms with Gasteiger partial charge >= 0.3 is 11.9 Å². The Hall–Kier alpha value is -0.179. The van der Waals surface area contributed by atoms with Gasteiger partial charge in [-0.3, -0.25) is 0 Å². The summed E-state index contributed by atoms with van der Waals surface area (Å²) in [6, 6.07) is 0. The summed E-state index contributed by atoms with van der Waals surface area (Å²) >= 11 is 0. The van der Waals surface area contributed by atoms with E-state index in [2.05, 4.69) is 94.7 Å². The van der Waals surface area contributed by atoms with Crippen LogP contribution in [0.3, 0.4) is 0 Å². The number of hydrogen-bond acceptors (Lipinski definition) is 8. The average Bonchev–Trinajstić information content (AvgIpc) is 2.74. The van der Waals surface area contributed by atoms with Crippen LogP contribution in [0, 0.1) is 10.8 Å². The first-order chi connectivity index (χ1) is 16.9. The quantitative estimate of drug-likeness (QED) is 0.0978. The third-order valence-electron chi connectivity index (χ3n) is 7.25. The van der Waals surface area contributed by atoms with Crippen molar-refractivity contribution in [2.45, 2.75) is 105 Å². The lowest BCUT2D eigenvalue weighted by Crippen LogP contribution is -2.39. The number of ether oxygens (including phenoxy) is 2. The Balaban J connectivity index is 4.65. The van der Waals surface area contributed by atoms with Crippen LogP contribution in [-0.2, 0) is 35.5 Å². The predicted octanol–water partition coefficient (Wildman–Crippen LogP) is 2.98. The fourth-order valence-electron chi connectivity index (χ4n) is 2.55. The van der Waals surface area contributed by atoms with Crippen LogP contribution in [0.4, 0.5) is 0 Å². The van der Waals surface area contributed by atoms with Crippen molar-refractivity contribution >= 4 is 68.1 Å². The Kier molecular flexibility index (Phi) is 15.1. The minimum atomic E-state index is -1.55. The molecule has 14 heteroatoms. The van der Waals surface area contributed by atoms with E-state index in [-0.39, 0.29) is 34.1 Å². The van der Waals surface area contributed by atoms with Gasteiger partial charge in [-0.05, 0) is 49.4 Å². The second kappa shape index (κ2) is 15.2. The molecule has 0 aromatic carbocycles. The molecule has 0 unspecified atom stereocenters. The standard InChI is InChI=1S/C24H56O8Si6/c1-21(2,23(5,6)33-29-35-31-37(9,10)11)17-27-19(25)15-16-20(26)28-18-22(3,4)24(7,8)34-30-36-32-38(12,13)14/h15-16H,17-18,33-36H2,1-14H3. The molecule has 0 radical (unpaired) electrons. The molecule has 38 heavy (non-hydrogen) atoms. The molecule has 0 heterocycles. The highest BCUT2D eigenvalue weighted by Gasteiger charge is 2.40. The van der Waals surface area contributed by atoms with Crippen molar-refractivity contribution in [2.24, 2.45) is 10.8 Å². The van der Waals surface area contributed by atoms with Crippen LogP contribution in [0.25, 0.3) is 0 Å². The topological polar surface area (TPSA) is 89.5 Å². The average molecular weight is 641 g/mol. The molecule has 0 saturated heterocycles. The number of hydrogen-bond donors (Lipinski definition) is 0. The monoisotopic (exact) mass is 640 g/mol. The van der Waals surface area contributed by atoms with E-state index in [0.29, 0.717) is 0 Å². The van der Waals surface area contributed by atoms with Gasteiger partial charge in [0.15, 0.2) is 36.2 Å². The number of carbonyl (C=O) groups is 2. The Labute approximate surface area is 243 Å². The van der Waals surface area contributed by atoms with Gasteiger partial charge < -0.3 is 25.9 Å². The highest BCUT2D eigenvalue weighted by atomic mass is 28.4. The van der Waals surface area contributed by atoms with E-state index in [0.717, 1.165) is 12.2 Å². The van der Waals surface area contributed by atoms with Gasteiger partial charge in [0.1, 0.15) is 0 Å². The molecule has 0 rings (SSSR count). The van der Waals surface area contributed by atoms with Crippen molar-refractivity contribution < 1.29 is 35.5 Å². The van der Waals surface area contributed by atoms with Gasteiger partial charge in [-0.15, -0.1) is 0 Å². The second-order valence-corrected chi connectivity index (χ2v) is 33.1. The molecule has 0 aliphatic carbocycles. The van der Waals surface area contributed by atoms with Crippen LogP contribution in [0.1, 0.15) is 55.4 Å². The van der Waals surface area contributed by atoms with Crippen LogP contribution in [0.2, 0.25) is 49.4 Å². The van der Waals surface area contributed by atoms with Crippen LogP contribution < -0.4 is 0 Å². The van der Waals surface area contributed by atoms with E-state index in [4.69, 9.17) is 25.9 Å². The van der Waals surface area contributed by atoms with Gasteiger partial charge in [0.05, 0.1) is 13.2 Å². The van der Waals surface area contributed by atoms with Gasteiger partial charge in [0.2, 0.25) is 0 Å². The van der Waals surface area contributed by atoms with E-state index in [1.54, 1.807) is 0 Å². The molecule has 0 fully saturated rings.